The van der Waals surface area contributed by atoms with E-state index < -0.39 is 23.8 Å². The Morgan fingerprint density at radius 1 is 0.907 bits per heavy atom. The summed E-state index contributed by atoms with van der Waals surface area (Å²) < 4.78 is 5.92. The number of hydrogen-bond donors (Lipinski definition) is 1. The summed E-state index contributed by atoms with van der Waals surface area (Å²) in [6.07, 6.45) is 3.11. The van der Waals surface area contributed by atoms with E-state index >= 15 is 0 Å². The van der Waals surface area contributed by atoms with E-state index in [-0.39, 0.29) is 24.3 Å². The molecule has 1 aliphatic carbocycles. The second-order valence-electron chi connectivity index (χ2n) is 12.3. The van der Waals surface area contributed by atoms with E-state index in [1.54, 1.807) is 19.2 Å². The van der Waals surface area contributed by atoms with Crippen LogP contribution in [-0.2, 0) is 20.9 Å². The molecule has 2 atom stereocenters. The van der Waals surface area contributed by atoms with Crippen LogP contribution in [0.4, 0.5) is 0 Å². The number of ether oxygens (including phenoxy) is 1. The van der Waals surface area contributed by atoms with Crippen LogP contribution in [0.2, 0.25) is 5.02 Å². The topological polar surface area (TPSA) is 99.3 Å². The van der Waals surface area contributed by atoms with Gasteiger partial charge in [-0.3, -0.25) is 39.2 Å². The van der Waals surface area contributed by atoms with E-state index in [0.717, 1.165) is 67.5 Å². The van der Waals surface area contributed by atoms with Crippen LogP contribution in [0.15, 0.2) is 48.0 Å². The number of piperidine rings is 1. The molecule has 2 unspecified atom stereocenters. The highest BCUT2D eigenvalue weighted by Crippen LogP contribution is 2.40. The van der Waals surface area contributed by atoms with Crippen molar-refractivity contribution in [3.05, 3.63) is 75.3 Å². The number of nitrogens with one attached hydrogen (secondary N) is 1. The minimum atomic E-state index is -0.956. The van der Waals surface area contributed by atoms with Crippen LogP contribution >= 0.6 is 11.6 Å². The van der Waals surface area contributed by atoms with Crippen molar-refractivity contribution in [2.45, 2.75) is 57.2 Å². The fraction of sp³-hybridized carbons (Fsp3) is 0.455. The molecule has 1 N–H and O–H groups in total. The van der Waals surface area contributed by atoms with Crippen LogP contribution in [0, 0.1) is 0 Å². The highest BCUT2D eigenvalue weighted by molar-refractivity contribution is 6.30. The smallest absolute Gasteiger partial charge is 0.262 e. The molecule has 0 aromatic heterocycles. The SMILES string of the molecule is COC1(C)CCC(c2ccc(Cl)cc2)=C(CN2CCN(Cc3ccc4c(c3)C(=O)N(C3CCC(=O)NC3=O)C4=O)CC2)C1. The predicted octanol–water partition coefficient (Wildman–Crippen LogP) is 3.90. The van der Waals surface area contributed by atoms with E-state index in [0.29, 0.717) is 17.7 Å². The fourth-order valence-electron chi connectivity index (χ4n) is 6.79. The Bertz CT molecular complexity index is 1500. The van der Waals surface area contributed by atoms with Crippen LogP contribution in [-0.4, -0.2) is 89.8 Å². The van der Waals surface area contributed by atoms with Gasteiger partial charge in [0.25, 0.3) is 11.8 Å². The first-order chi connectivity index (χ1) is 20.6. The second-order valence-corrected chi connectivity index (χ2v) is 12.7. The molecule has 10 heteroatoms. The van der Waals surface area contributed by atoms with Gasteiger partial charge in [0.15, 0.2) is 0 Å². The van der Waals surface area contributed by atoms with Crippen molar-refractivity contribution >= 4 is 40.8 Å². The molecule has 0 radical (unpaired) electrons. The third-order valence-electron chi connectivity index (χ3n) is 9.39. The third kappa shape index (κ3) is 6.04. The van der Waals surface area contributed by atoms with Crippen LogP contribution in [0.5, 0.6) is 0 Å². The number of imide groups is 2. The molecule has 4 amide bonds. The van der Waals surface area contributed by atoms with Gasteiger partial charge in [-0.2, -0.15) is 0 Å². The van der Waals surface area contributed by atoms with Crippen molar-refractivity contribution < 1.29 is 23.9 Å². The number of fused-ring (bicyclic) bond motifs is 1. The lowest BCUT2D eigenvalue weighted by molar-refractivity contribution is -0.136. The van der Waals surface area contributed by atoms with Crippen molar-refractivity contribution in [2.24, 2.45) is 0 Å². The molecule has 2 aromatic rings. The van der Waals surface area contributed by atoms with Crippen LogP contribution in [0.25, 0.3) is 5.57 Å². The number of halogens is 1. The van der Waals surface area contributed by atoms with Crippen molar-refractivity contribution in [3.8, 4) is 0 Å². The second kappa shape index (κ2) is 12.0. The fourth-order valence-corrected chi connectivity index (χ4v) is 6.91. The Kier molecular flexibility index (Phi) is 8.26. The molecule has 0 spiro atoms. The summed E-state index contributed by atoms with van der Waals surface area (Å²) in [5.41, 5.74) is 5.49. The predicted molar refractivity (Wildman–Crippen MR) is 162 cm³/mol. The third-order valence-corrected chi connectivity index (χ3v) is 9.65. The van der Waals surface area contributed by atoms with Crippen LogP contribution in [0.3, 0.4) is 0 Å². The summed E-state index contributed by atoms with van der Waals surface area (Å²) in [6, 6.07) is 12.6. The van der Waals surface area contributed by atoms with Gasteiger partial charge in [-0.25, -0.2) is 0 Å². The monoisotopic (exact) mass is 604 g/mol. The number of carbonyl (C=O) groups is 4. The van der Waals surface area contributed by atoms with E-state index in [1.165, 1.54) is 16.7 Å². The minimum absolute atomic E-state index is 0.104. The average Bonchev–Trinajstić information content (AvgIpc) is 3.23. The quantitative estimate of drug-likeness (QED) is 0.479. The number of piperazine rings is 1. The van der Waals surface area contributed by atoms with E-state index in [9.17, 15) is 19.2 Å². The van der Waals surface area contributed by atoms with Gasteiger partial charge in [0.1, 0.15) is 6.04 Å². The lowest BCUT2D eigenvalue weighted by atomic mass is 9.79. The molecule has 2 fully saturated rings. The summed E-state index contributed by atoms with van der Waals surface area (Å²) in [6.45, 7) is 7.38. The lowest BCUT2D eigenvalue weighted by Crippen LogP contribution is -2.54. The molecular weight excluding hydrogens is 568 g/mol. The Balaban J connectivity index is 1.10. The molecule has 43 heavy (non-hydrogen) atoms. The Hall–Kier alpha value is -3.37. The zero-order valence-electron chi connectivity index (χ0n) is 24.7. The number of methoxy groups -OCH3 is 1. The van der Waals surface area contributed by atoms with Gasteiger partial charge in [-0.15, -0.1) is 0 Å². The summed E-state index contributed by atoms with van der Waals surface area (Å²) in [4.78, 5) is 56.1. The molecule has 2 saturated heterocycles. The Labute approximate surface area is 256 Å². The molecule has 3 heterocycles. The molecule has 2 aromatic carbocycles. The summed E-state index contributed by atoms with van der Waals surface area (Å²) in [5, 5.41) is 2.98. The highest BCUT2D eigenvalue weighted by atomic mass is 35.5. The highest BCUT2D eigenvalue weighted by Gasteiger charge is 2.44. The Morgan fingerprint density at radius 2 is 1.58 bits per heavy atom. The molecule has 226 valence electrons. The van der Waals surface area contributed by atoms with Gasteiger partial charge in [0.2, 0.25) is 11.8 Å². The van der Waals surface area contributed by atoms with Crippen LogP contribution in [0.1, 0.15) is 70.9 Å². The number of hydrogen-bond acceptors (Lipinski definition) is 7. The van der Waals surface area contributed by atoms with E-state index in [4.69, 9.17) is 16.3 Å². The lowest BCUT2D eigenvalue weighted by Gasteiger charge is -2.39. The van der Waals surface area contributed by atoms with Crippen molar-refractivity contribution in [1.82, 2.24) is 20.0 Å². The number of benzene rings is 2. The largest absolute Gasteiger partial charge is 0.378 e. The van der Waals surface area contributed by atoms with E-state index in [1.807, 2.05) is 18.2 Å². The Morgan fingerprint density at radius 3 is 2.26 bits per heavy atom. The minimum Gasteiger partial charge on any atom is -0.378 e. The summed E-state index contributed by atoms with van der Waals surface area (Å²) in [5.74, 6) is -1.93. The maximum atomic E-state index is 13.2. The van der Waals surface area contributed by atoms with Gasteiger partial charge in [0, 0.05) is 57.8 Å². The van der Waals surface area contributed by atoms with Gasteiger partial charge >= 0.3 is 0 Å². The number of rotatable bonds is 7. The van der Waals surface area contributed by atoms with Crippen molar-refractivity contribution in [2.75, 3.05) is 39.8 Å². The van der Waals surface area contributed by atoms with Gasteiger partial charge in [0.05, 0.1) is 16.7 Å². The first-order valence-corrected chi connectivity index (χ1v) is 15.3. The zero-order valence-corrected chi connectivity index (χ0v) is 25.4. The normalized spacial score (nSPS) is 25.4. The summed E-state index contributed by atoms with van der Waals surface area (Å²) in [7, 11) is 1.80. The standard InChI is InChI=1S/C33H37ClN4O5/c1-33(43-2)12-11-25(22-4-6-24(34)7-5-22)23(18-33)20-37-15-13-36(14-16-37)19-21-3-8-26-27(17-21)32(42)38(31(26)41)28-9-10-29(39)35-30(28)40/h3-8,17,28H,9-16,18-20H2,1-2H3,(H,35,39,40). The van der Waals surface area contributed by atoms with Crippen LogP contribution < -0.4 is 5.32 Å². The molecule has 0 bridgehead atoms. The number of nitrogens with zero attached hydrogens (tertiary/aromatic N) is 3. The molecule has 3 aliphatic heterocycles. The molecule has 6 rings (SSSR count). The molecule has 9 nitrogen and oxygen atoms in total. The van der Waals surface area contributed by atoms with E-state index in [2.05, 4.69) is 34.2 Å². The first-order valence-electron chi connectivity index (χ1n) is 15.0. The molecule has 0 saturated carbocycles. The maximum absolute atomic E-state index is 13.2. The number of amides is 4. The van der Waals surface area contributed by atoms with Crippen molar-refractivity contribution in [1.29, 1.82) is 0 Å². The van der Waals surface area contributed by atoms with Gasteiger partial charge in [-0.1, -0.05) is 29.8 Å². The molecule has 4 aliphatic rings. The number of allylic oxidation sites excluding steroid dienone is 1. The maximum Gasteiger partial charge on any atom is 0.262 e. The first kappa shape index (κ1) is 29.7. The van der Waals surface area contributed by atoms with Gasteiger partial charge < -0.3 is 4.74 Å². The van der Waals surface area contributed by atoms with Crippen molar-refractivity contribution in [3.63, 3.8) is 0 Å². The number of carbonyl (C=O) groups excluding carboxylic acids is 4. The average molecular weight is 605 g/mol. The zero-order chi connectivity index (χ0) is 30.3. The van der Waals surface area contributed by atoms with Gasteiger partial charge in [-0.05, 0) is 79.1 Å². The summed E-state index contributed by atoms with van der Waals surface area (Å²) >= 11 is 6.16. The molecular formula is C33H37ClN4O5.